The van der Waals surface area contributed by atoms with Crippen LogP contribution in [0.3, 0.4) is 0 Å². The fraction of sp³-hybridized carbons (Fsp3) is 0.529. The smallest absolute Gasteiger partial charge is 0.324 e. The second-order valence-electron chi connectivity index (χ2n) is 6.72. The predicted octanol–water partition coefficient (Wildman–Crippen LogP) is 2.99. The standard InChI is InChI=1S/C17H24N2O3/c1-12(2)18-9-10-19(16(18)22)14-8-6-5-7-13(14)11-17(3,4)15(20)21/h5-8,12H,9-11H2,1-4H3,(H,20,21). The fourth-order valence-corrected chi connectivity index (χ4v) is 2.73. The molecule has 22 heavy (non-hydrogen) atoms. The van der Waals surface area contributed by atoms with Crippen molar-refractivity contribution < 1.29 is 14.7 Å². The molecule has 1 fully saturated rings. The van der Waals surface area contributed by atoms with Gasteiger partial charge in [-0.05, 0) is 45.7 Å². The van der Waals surface area contributed by atoms with E-state index in [0.717, 1.165) is 11.3 Å². The SMILES string of the molecule is CC(C)N1CCN(c2ccccc2CC(C)(C)C(=O)O)C1=O. The van der Waals surface area contributed by atoms with Crippen molar-refractivity contribution in [3.63, 3.8) is 0 Å². The molecular formula is C17H24N2O3. The highest BCUT2D eigenvalue weighted by atomic mass is 16.4. The zero-order valence-corrected chi connectivity index (χ0v) is 13.7. The van der Waals surface area contributed by atoms with E-state index in [9.17, 15) is 14.7 Å². The van der Waals surface area contributed by atoms with Crippen molar-refractivity contribution in [1.82, 2.24) is 4.90 Å². The van der Waals surface area contributed by atoms with Crippen molar-refractivity contribution in [3.8, 4) is 0 Å². The Bertz CT molecular complexity index is 581. The number of carbonyl (C=O) groups excluding carboxylic acids is 1. The van der Waals surface area contributed by atoms with Gasteiger partial charge < -0.3 is 10.0 Å². The van der Waals surface area contributed by atoms with Crippen LogP contribution in [0, 0.1) is 5.41 Å². The van der Waals surface area contributed by atoms with E-state index < -0.39 is 11.4 Å². The van der Waals surface area contributed by atoms with E-state index in [1.54, 1.807) is 18.7 Å². The lowest BCUT2D eigenvalue weighted by molar-refractivity contribution is -0.146. The highest BCUT2D eigenvalue weighted by molar-refractivity contribution is 5.95. The molecule has 0 spiro atoms. The van der Waals surface area contributed by atoms with Gasteiger partial charge in [0.25, 0.3) is 0 Å². The lowest BCUT2D eigenvalue weighted by atomic mass is 9.85. The minimum Gasteiger partial charge on any atom is -0.481 e. The molecule has 1 aliphatic heterocycles. The molecule has 1 heterocycles. The quantitative estimate of drug-likeness (QED) is 0.909. The first kappa shape index (κ1) is 16.3. The highest BCUT2D eigenvalue weighted by Gasteiger charge is 2.34. The summed E-state index contributed by atoms with van der Waals surface area (Å²) in [5.74, 6) is -0.834. The van der Waals surface area contributed by atoms with Gasteiger partial charge in [0.05, 0.1) is 5.41 Å². The number of aliphatic carboxylic acids is 1. The van der Waals surface area contributed by atoms with Crippen molar-refractivity contribution in [2.45, 2.75) is 40.2 Å². The molecule has 0 radical (unpaired) electrons. The molecule has 1 aromatic carbocycles. The van der Waals surface area contributed by atoms with E-state index in [1.807, 2.05) is 43.0 Å². The number of urea groups is 1. The topological polar surface area (TPSA) is 60.9 Å². The van der Waals surface area contributed by atoms with Crippen molar-refractivity contribution in [2.24, 2.45) is 5.41 Å². The van der Waals surface area contributed by atoms with Gasteiger partial charge in [-0.25, -0.2) is 4.79 Å². The summed E-state index contributed by atoms with van der Waals surface area (Å²) >= 11 is 0. The molecule has 2 rings (SSSR count). The van der Waals surface area contributed by atoms with Crippen molar-refractivity contribution in [3.05, 3.63) is 29.8 Å². The summed E-state index contributed by atoms with van der Waals surface area (Å²) in [5.41, 5.74) is 0.857. The Morgan fingerprint density at radius 3 is 2.45 bits per heavy atom. The number of hydrogen-bond acceptors (Lipinski definition) is 2. The first-order chi connectivity index (χ1) is 10.2. The minimum atomic E-state index is -0.864. The average Bonchev–Trinajstić information content (AvgIpc) is 2.80. The van der Waals surface area contributed by atoms with Crippen LogP contribution in [0.1, 0.15) is 33.3 Å². The predicted molar refractivity (Wildman–Crippen MR) is 86.1 cm³/mol. The number of hydrogen-bond donors (Lipinski definition) is 1. The first-order valence-corrected chi connectivity index (χ1v) is 7.63. The second-order valence-corrected chi connectivity index (χ2v) is 6.72. The Hall–Kier alpha value is -2.04. The Morgan fingerprint density at radius 1 is 1.27 bits per heavy atom. The maximum Gasteiger partial charge on any atom is 0.324 e. The van der Waals surface area contributed by atoms with E-state index in [0.29, 0.717) is 19.5 Å². The summed E-state index contributed by atoms with van der Waals surface area (Å²) in [6.45, 7) is 8.76. The summed E-state index contributed by atoms with van der Waals surface area (Å²) < 4.78 is 0. The lowest BCUT2D eigenvalue weighted by Crippen LogP contribution is -2.36. The molecule has 2 amide bonds. The van der Waals surface area contributed by atoms with E-state index in [4.69, 9.17) is 0 Å². The molecule has 120 valence electrons. The Kier molecular flexibility index (Phi) is 4.44. The van der Waals surface area contributed by atoms with Crippen LogP contribution in [-0.2, 0) is 11.2 Å². The number of carboxylic acids is 1. The maximum absolute atomic E-state index is 12.5. The number of anilines is 1. The fourth-order valence-electron chi connectivity index (χ4n) is 2.73. The van der Waals surface area contributed by atoms with Gasteiger partial charge in [0.15, 0.2) is 0 Å². The monoisotopic (exact) mass is 304 g/mol. The summed E-state index contributed by atoms with van der Waals surface area (Å²) in [4.78, 5) is 27.5. The lowest BCUT2D eigenvalue weighted by Gasteiger charge is -2.26. The Labute approximate surface area is 131 Å². The summed E-state index contributed by atoms with van der Waals surface area (Å²) in [6, 6.07) is 7.74. The molecule has 5 nitrogen and oxygen atoms in total. The molecular weight excluding hydrogens is 280 g/mol. The summed E-state index contributed by atoms with van der Waals surface area (Å²) in [7, 11) is 0. The van der Waals surface area contributed by atoms with Gasteiger partial charge in [0.2, 0.25) is 0 Å². The molecule has 0 saturated carbocycles. The van der Waals surface area contributed by atoms with Crippen LogP contribution >= 0.6 is 0 Å². The number of carboxylic acid groups (broad SMARTS) is 1. The van der Waals surface area contributed by atoms with Gasteiger partial charge >= 0.3 is 12.0 Å². The van der Waals surface area contributed by atoms with Crippen LogP contribution in [0.2, 0.25) is 0 Å². The van der Waals surface area contributed by atoms with E-state index in [2.05, 4.69) is 0 Å². The van der Waals surface area contributed by atoms with Crippen LogP contribution in [0.5, 0.6) is 0 Å². The zero-order chi connectivity index (χ0) is 16.5. The van der Waals surface area contributed by atoms with Crippen molar-refractivity contribution in [1.29, 1.82) is 0 Å². The number of amides is 2. The molecule has 0 aromatic heterocycles. The van der Waals surface area contributed by atoms with Gasteiger partial charge in [-0.15, -0.1) is 0 Å². The Morgan fingerprint density at radius 2 is 1.91 bits per heavy atom. The van der Waals surface area contributed by atoms with Crippen LogP contribution < -0.4 is 4.90 Å². The molecule has 1 N–H and O–H groups in total. The Balaban J connectivity index is 2.30. The maximum atomic E-state index is 12.5. The number of rotatable bonds is 5. The van der Waals surface area contributed by atoms with Crippen LogP contribution in [0.15, 0.2) is 24.3 Å². The minimum absolute atomic E-state index is 0.00409. The third-order valence-electron chi connectivity index (χ3n) is 4.16. The normalized spacial score (nSPS) is 15.8. The molecule has 1 saturated heterocycles. The molecule has 0 atom stereocenters. The number of para-hydroxylation sites is 1. The molecule has 1 aromatic rings. The van der Waals surface area contributed by atoms with Crippen LogP contribution in [0.4, 0.5) is 10.5 Å². The average molecular weight is 304 g/mol. The molecule has 0 aliphatic carbocycles. The largest absolute Gasteiger partial charge is 0.481 e. The molecule has 0 bridgehead atoms. The van der Waals surface area contributed by atoms with Gasteiger partial charge in [-0.2, -0.15) is 0 Å². The van der Waals surface area contributed by atoms with E-state index in [1.165, 1.54) is 0 Å². The third-order valence-corrected chi connectivity index (χ3v) is 4.16. The third kappa shape index (κ3) is 3.08. The van der Waals surface area contributed by atoms with Gasteiger partial charge in [0.1, 0.15) is 0 Å². The van der Waals surface area contributed by atoms with Crippen LogP contribution in [0.25, 0.3) is 0 Å². The van der Waals surface area contributed by atoms with Crippen molar-refractivity contribution in [2.75, 3.05) is 18.0 Å². The van der Waals surface area contributed by atoms with Crippen LogP contribution in [-0.4, -0.2) is 41.1 Å². The van der Waals surface area contributed by atoms with Gasteiger partial charge in [-0.1, -0.05) is 18.2 Å². The summed E-state index contributed by atoms with van der Waals surface area (Å²) in [5, 5.41) is 9.34. The number of carbonyl (C=O) groups is 2. The van der Waals surface area contributed by atoms with Gasteiger partial charge in [0, 0.05) is 24.8 Å². The van der Waals surface area contributed by atoms with Crippen molar-refractivity contribution >= 4 is 17.7 Å². The molecule has 0 unspecified atom stereocenters. The number of benzene rings is 1. The molecule has 1 aliphatic rings. The van der Waals surface area contributed by atoms with Gasteiger partial charge in [-0.3, -0.25) is 9.69 Å². The second kappa shape index (κ2) is 5.99. The summed E-state index contributed by atoms with van der Waals surface area (Å²) in [6.07, 6.45) is 0.393. The first-order valence-electron chi connectivity index (χ1n) is 7.63. The number of nitrogens with zero attached hydrogens (tertiary/aromatic N) is 2. The zero-order valence-electron chi connectivity index (χ0n) is 13.7. The van der Waals surface area contributed by atoms with E-state index in [-0.39, 0.29) is 12.1 Å². The highest BCUT2D eigenvalue weighted by Crippen LogP contribution is 2.31. The van der Waals surface area contributed by atoms with E-state index >= 15 is 0 Å². The molecule has 5 heteroatoms.